The fourth-order valence-electron chi connectivity index (χ4n) is 1.70. The quantitative estimate of drug-likeness (QED) is 0.881. The maximum Gasteiger partial charge on any atom is 0.339 e. The van der Waals surface area contributed by atoms with E-state index in [2.05, 4.69) is 4.98 Å². The molecule has 2 rings (SSSR count). The van der Waals surface area contributed by atoms with Crippen molar-refractivity contribution in [3.63, 3.8) is 0 Å². The lowest BCUT2D eigenvalue weighted by Crippen LogP contribution is -2.26. The van der Waals surface area contributed by atoms with Crippen LogP contribution in [0.25, 0.3) is 0 Å². The molecule has 1 heterocycles. The number of carboxylic acids is 1. The van der Waals surface area contributed by atoms with Gasteiger partial charge in [0.05, 0.1) is 10.6 Å². The number of hydrogen-bond donors (Lipinski definition) is 2. The number of aromatic nitrogens is 1. The molecule has 2 aromatic rings. The number of rotatable bonds is 4. The highest BCUT2D eigenvalue weighted by atomic mass is 32.2. The summed E-state index contributed by atoms with van der Waals surface area (Å²) in [5.41, 5.74) is -0.0887. The summed E-state index contributed by atoms with van der Waals surface area (Å²) in [5, 5.41) is 18.4. The third kappa shape index (κ3) is 2.79. The van der Waals surface area contributed by atoms with Gasteiger partial charge in [-0.15, -0.1) is 0 Å². The summed E-state index contributed by atoms with van der Waals surface area (Å²) in [6.07, 6.45) is 2.89. The fourth-order valence-corrected chi connectivity index (χ4v) is 2.92. The van der Waals surface area contributed by atoms with Crippen molar-refractivity contribution in [2.24, 2.45) is 0 Å². The average molecular weight is 308 g/mol. The van der Waals surface area contributed by atoms with Gasteiger partial charge in [-0.3, -0.25) is 9.29 Å². The monoisotopic (exact) mass is 308 g/mol. The molecular weight excluding hydrogens is 296 g/mol. The fraction of sp³-hybridized carbons (Fsp3) is 0.0769. The highest BCUT2D eigenvalue weighted by molar-refractivity contribution is 7.92. The summed E-state index contributed by atoms with van der Waals surface area (Å²) in [5.74, 6) is -1.90. The molecule has 110 valence electrons. The summed E-state index contributed by atoms with van der Waals surface area (Å²) in [4.78, 5) is 14.5. The van der Waals surface area contributed by atoms with E-state index in [9.17, 15) is 18.3 Å². The number of phenols is 1. The first kappa shape index (κ1) is 14.8. The molecule has 0 atom stereocenters. The SMILES string of the molecule is CN(c1ccncc1)S(=O)(=O)c1ccc(O)c(C(=O)O)c1. The first-order valence-corrected chi connectivity index (χ1v) is 7.23. The lowest BCUT2D eigenvalue weighted by molar-refractivity contribution is 0.0693. The second-order valence-corrected chi connectivity index (χ2v) is 6.13. The van der Waals surface area contributed by atoms with E-state index in [0.29, 0.717) is 5.69 Å². The van der Waals surface area contributed by atoms with Gasteiger partial charge in [0.25, 0.3) is 10.0 Å². The molecule has 0 radical (unpaired) electrons. The minimum atomic E-state index is -3.93. The molecule has 8 heteroatoms. The molecule has 1 aromatic carbocycles. The molecule has 0 saturated carbocycles. The standard InChI is InChI=1S/C13H12N2O5S/c1-15(9-4-6-14-7-5-9)21(19,20)10-2-3-12(16)11(8-10)13(17)18/h2-8,16H,1H3,(H,17,18). The third-order valence-corrected chi connectivity index (χ3v) is 4.66. The summed E-state index contributed by atoms with van der Waals surface area (Å²) >= 11 is 0. The highest BCUT2D eigenvalue weighted by Crippen LogP contribution is 2.25. The lowest BCUT2D eigenvalue weighted by Gasteiger charge is -2.19. The van der Waals surface area contributed by atoms with Crippen LogP contribution in [0.5, 0.6) is 5.75 Å². The Hall–Kier alpha value is -2.61. The Morgan fingerprint density at radius 2 is 1.81 bits per heavy atom. The smallest absolute Gasteiger partial charge is 0.339 e. The summed E-state index contributed by atoms with van der Waals surface area (Å²) < 4.78 is 25.9. The maximum atomic E-state index is 12.4. The van der Waals surface area contributed by atoms with Crippen LogP contribution in [-0.4, -0.2) is 36.6 Å². The van der Waals surface area contributed by atoms with Crippen molar-refractivity contribution in [2.75, 3.05) is 11.4 Å². The molecule has 0 aliphatic carbocycles. The van der Waals surface area contributed by atoms with Crippen molar-refractivity contribution in [1.82, 2.24) is 4.98 Å². The zero-order chi connectivity index (χ0) is 15.6. The number of aromatic carboxylic acids is 1. The van der Waals surface area contributed by atoms with E-state index in [-0.39, 0.29) is 4.90 Å². The Bertz CT molecular complexity index is 774. The Kier molecular flexibility index (Phi) is 3.81. The number of nitrogens with zero attached hydrogens (tertiary/aromatic N) is 2. The topological polar surface area (TPSA) is 108 Å². The van der Waals surface area contributed by atoms with Crippen LogP contribution < -0.4 is 4.31 Å². The number of carboxylic acid groups (broad SMARTS) is 1. The van der Waals surface area contributed by atoms with Gasteiger partial charge in [0.2, 0.25) is 0 Å². The van der Waals surface area contributed by atoms with E-state index in [4.69, 9.17) is 5.11 Å². The maximum absolute atomic E-state index is 12.4. The number of hydrogen-bond acceptors (Lipinski definition) is 5. The van der Waals surface area contributed by atoms with E-state index in [1.807, 2.05) is 0 Å². The van der Waals surface area contributed by atoms with Gasteiger partial charge in [-0.25, -0.2) is 13.2 Å². The molecule has 0 aliphatic rings. The van der Waals surface area contributed by atoms with Crippen LogP contribution >= 0.6 is 0 Å². The molecule has 0 spiro atoms. The molecular formula is C13H12N2O5S. The average Bonchev–Trinajstić information content (AvgIpc) is 2.47. The Labute approximate surface area is 121 Å². The zero-order valence-electron chi connectivity index (χ0n) is 11.0. The van der Waals surface area contributed by atoms with Crippen LogP contribution in [0, 0.1) is 0 Å². The van der Waals surface area contributed by atoms with E-state index >= 15 is 0 Å². The third-order valence-electron chi connectivity index (χ3n) is 2.88. The number of sulfonamides is 1. The first-order valence-electron chi connectivity index (χ1n) is 5.79. The van der Waals surface area contributed by atoms with Crippen molar-refractivity contribution < 1.29 is 23.4 Å². The number of benzene rings is 1. The molecule has 2 N–H and O–H groups in total. The number of anilines is 1. The molecule has 7 nitrogen and oxygen atoms in total. The van der Waals surface area contributed by atoms with Crippen molar-refractivity contribution in [3.8, 4) is 5.75 Å². The lowest BCUT2D eigenvalue weighted by atomic mass is 10.2. The van der Waals surface area contributed by atoms with Crippen molar-refractivity contribution in [2.45, 2.75) is 4.90 Å². The molecule has 1 aromatic heterocycles. The van der Waals surface area contributed by atoms with E-state index in [1.165, 1.54) is 31.6 Å². The second kappa shape index (κ2) is 5.41. The van der Waals surface area contributed by atoms with E-state index in [1.54, 1.807) is 0 Å². The van der Waals surface area contributed by atoms with Crippen molar-refractivity contribution in [3.05, 3.63) is 48.3 Å². The number of carbonyl (C=O) groups is 1. The molecule has 0 amide bonds. The molecule has 0 bridgehead atoms. The van der Waals surface area contributed by atoms with Crippen LogP contribution in [0.3, 0.4) is 0 Å². The second-order valence-electron chi connectivity index (χ2n) is 4.16. The molecule has 21 heavy (non-hydrogen) atoms. The Morgan fingerprint density at radius 3 is 2.38 bits per heavy atom. The zero-order valence-corrected chi connectivity index (χ0v) is 11.8. The van der Waals surface area contributed by atoms with E-state index in [0.717, 1.165) is 22.5 Å². The molecule has 0 saturated heterocycles. The van der Waals surface area contributed by atoms with Crippen molar-refractivity contribution >= 4 is 21.7 Å². The summed E-state index contributed by atoms with van der Waals surface area (Å²) in [6, 6.07) is 6.13. The first-order chi connectivity index (χ1) is 9.84. The Balaban J connectivity index is 2.50. The molecule has 0 fully saturated rings. The van der Waals surface area contributed by atoms with Gasteiger partial charge in [0.1, 0.15) is 11.3 Å². The van der Waals surface area contributed by atoms with Crippen molar-refractivity contribution in [1.29, 1.82) is 0 Å². The molecule has 0 aliphatic heterocycles. The van der Waals surface area contributed by atoms with Crippen LogP contribution in [0.15, 0.2) is 47.6 Å². The summed E-state index contributed by atoms with van der Waals surface area (Å²) in [6.45, 7) is 0. The van der Waals surface area contributed by atoms with Crippen LogP contribution in [0.1, 0.15) is 10.4 Å². The van der Waals surface area contributed by atoms with Gasteiger partial charge in [-0.05, 0) is 30.3 Å². The van der Waals surface area contributed by atoms with E-state index < -0.39 is 27.3 Å². The van der Waals surface area contributed by atoms with Gasteiger partial charge in [-0.2, -0.15) is 0 Å². The van der Waals surface area contributed by atoms with Gasteiger partial charge in [-0.1, -0.05) is 0 Å². The number of pyridine rings is 1. The molecule has 0 unspecified atom stereocenters. The van der Waals surface area contributed by atoms with Crippen LogP contribution in [0.4, 0.5) is 5.69 Å². The minimum Gasteiger partial charge on any atom is -0.507 e. The minimum absolute atomic E-state index is 0.225. The van der Waals surface area contributed by atoms with Gasteiger partial charge in [0.15, 0.2) is 0 Å². The predicted octanol–water partition coefficient (Wildman–Crippen LogP) is 1.31. The number of aromatic hydroxyl groups is 1. The largest absolute Gasteiger partial charge is 0.507 e. The van der Waals surface area contributed by atoms with Gasteiger partial charge >= 0.3 is 5.97 Å². The van der Waals surface area contributed by atoms with Gasteiger partial charge < -0.3 is 10.2 Å². The summed E-state index contributed by atoms with van der Waals surface area (Å²) in [7, 11) is -2.59. The van der Waals surface area contributed by atoms with Crippen LogP contribution in [-0.2, 0) is 10.0 Å². The van der Waals surface area contributed by atoms with Gasteiger partial charge in [0, 0.05) is 19.4 Å². The predicted molar refractivity (Wildman–Crippen MR) is 74.9 cm³/mol. The van der Waals surface area contributed by atoms with Crippen LogP contribution in [0.2, 0.25) is 0 Å². The normalized spacial score (nSPS) is 11.1. The Morgan fingerprint density at radius 1 is 1.19 bits per heavy atom. The highest BCUT2D eigenvalue weighted by Gasteiger charge is 2.23.